The first-order valence-corrected chi connectivity index (χ1v) is 10.8. The van der Waals surface area contributed by atoms with Crippen molar-refractivity contribution < 1.29 is 19.0 Å². The minimum absolute atomic E-state index is 0.109. The molecule has 6 heteroatoms. The maximum absolute atomic E-state index is 13.9. The van der Waals surface area contributed by atoms with E-state index in [-0.39, 0.29) is 17.6 Å². The Balaban J connectivity index is 1.72. The molecule has 3 aromatic rings. The molecule has 0 aliphatic carbocycles. The number of halogens is 1. The van der Waals surface area contributed by atoms with E-state index in [4.69, 9.17) is 14.5 Å². The Bertz CT molecular complexity index is 1100. The van der Waals surface area contributed by atoms with Crippen LogP contribution in [0.3, 0.4) is 0 Å². The van der Waals surface area contributed by atoms with Gasteiger partial charge in [0, 0.05) is 23.7 Å². The molecule has 0 saturated carbocycles. The van der Waals surface area contributed by atoms with Crippen LogP contribution in [0.5, 0.6) is 17.2 Å². The minimum Gasteiger partial charge on any atom is -0.504 e. The first-order valence-electron chi connectivity index (χ1n) is 10.8. The van der Waals surface area contributed by atoms with Gasteiger partial charge in [-0.1, -0.05) is 24.3 Å². The lowest BCUT2D eigenvalue weighted by Gasteiger charge is -2.31. The zero-order valence-corrected chi connectivity index (χ0v) is 18.2. The van der Waals surface area contributed by atoms with E-state index < -0.39 is 6.17 Å². The lowest BCUT2D eigenvalue weighted by molar-refractivity contribution is 0.313. The number of aliphatic imine (C=N–C) groups is 1. The Morgan fingerprint density at radius 2 is 1.75 bits per heavy atom. The van der Waals surface area contributed by atoms with Gasteiger partial charge >= 0.3 is 0 Å². The fourth-order valence-electron chi connectivity index (χ4n) is 3.93. The summed E-state index contributed by atoms with van der Waals surface area (Å²) >= 11 is 0. The molecule has 5 nitrogen and oxygen atoms in total. The largest absolute Gasteiger partial charge is 0.504 e. The Morgan fingerprint density at radius 1 is 1.00 bits per heavy atom. The molecule has 1 aliphatic rings. The number of phenols is 1. The molecule has 32 heavy (non-hydrogen) atoms. The summed E-state index contributed by atoms with van der Waals surface area (Å²) in [5, 5.41) is 14.3. The van der Waals surface area contributed by atoms with Gasteiger partial charge in [-0.15, -0.1) is 0 Å². The summed E-state index contributed by atoms with van der Waals surface area (Å²) < 4.78 is 25.1. The van der Waals surface area contributed by atoms with Crippen LogP contribution in [-0.4, -0.2) is 24.0 Å². The summed E-state index contributed by atoms with van der Waals surface area (Å²) in [5.74, 6) is 1.04. The molecule has 166 valence electrons. The highest BCUT2D eigenvalue weighted by Gasteiger charge is 2.28. The van der Waals surface area contributed by atoms with Crippen molar-refractivity contribution in [3.05, 3.63) is 89.2 Å². The third-order valence-electron chi connectivity index (χ3n) is 5.41. The maximum atomic E-state index is 13.9. The number of hydrogen-bond acceptors (Lipinski definition) is 5. The molecule has 0 fully saturated rings. The number of ether oxygens (including phenoxy) is 2. The van der Waals surface area contributed by atoms with E-state index in [0.29, 0.717) is 25.4 Å². The monoisotopic (exact) mass is 434 g/mol. The normalized spacial score (nSPS) is 18.2. The van der Waals surface area contributed by atoms with Crippen LogP contribution in [0.25, 0.3) is 0 Å². The smallest absolute Gasteiger partial charge is 0.162 e. The van der Waals surface area contributed by atoms with Crippen LogP contribution in [0, 0.1) is 5.82 Å². The zero-order valence-electron chi connectivity index (χ0n) is 18.2. The second kappa shape index (κ2) is 9.83. The number of rotatable bonds is 7. The van der Waals surface area contributed by atoms with E-state index in [0.717, 1.165) is 28.2 Å². The second-order valence-corrected chi connectivity index (χ2v) is 7.54. The molecule has 4 rings (SSSR count). The predicted octanol–water partition coefficient (Wildman–Crippen LogP) is 5.55. The lowest BCUT2D eigenvalue weighted by Crippen LogP contribution is -2.33. The van der Waals surface area contributed by atoms with Crippen LogP contribution in [0.1, 0.15) is 49.2 Å². The van der Waals surface area contributed by atoms with Crippen molar-refractivity contribution >= 4 is 5.71 Å². The highest BCUT2D eigenvalue weighted by molar-refractivity contribution is 6.01. The average molecular weight is 435 g/mol. The van der Waals surface area contributed by atoms with Gasteiger partial charge in [0.15, 0.2) is 11.5 Å². The summed E-state index contributed by atoms with van der Waals surface area (Å²) in [4.78, 5) is 4.89. The number of phenolic OH excluding ortho intramolecular Hbond substituents is 1. The van der Waals surface area contributed by atoms with Gasteiger partial charge in [0.25, 0.3) is 0 Å². The van der Waals surface area contributed by atoms with E-state index in [9.17, 15) is 9.50 Å². The molecule has 0 bridgehead atoms. The van der Waals surface area contributed by atoms with Crippen LogP contribution in [0.4, 0.5) is 4.39 Å². The summed E-state index contributed by atoms with van der Waals surface area (Å²) in [6.45, 7) is 4.88. The molecule has 3 aromatic carbocycles. The molecule has 1 heterocycles. The number of benzene rings is 3. The lowest BCUT2D eigenvalue weighted by atomic mass is 9.93. The van der Waals surface area contributed by atoms with Crippen molar-refractivity contribution in [2.24, 2.45) is 4.99 Å². The van der Waals surface area contributed by atoms with Gasteiger partial charge in [-0.25, -0.2) is 4.39 Å². The van der Waals surface area contributed by atoms with Gasteiger partial charge in [-0.2, -0.15) is 0 Å². The number of hydrogen-bond donors (Lipinski definition) is 2. The molecule has 0 aromatic heterocycles. The van der Waals surface area contributed by atoms with Gasteiger partial charge in [0.1, 0.15) is 17.7 Å². The predicted molar refractivity (Wildman–Crippen MR) is 123 cm³/mol. The molecule has 0 radical (unpaired) electrons. The number of aromatic hydroxyl groups is 1. The zero-order chi connectivity index (χ0) is 22.5. The molecule has 0 amide bonds. The van der Waals surface area contributed by atoms with Crippen LogP contribution in [0.15, 0.2) is 71.7 Å². The van der Waals surface area contributed by atoms with E-state index in [1.807, 2.05) is 56.3 Å². The molecule has 1 aliphatic heterocycles. The van der Waals surface area contributed by atoms with Crippen LogP contribution >= 0.6 is 0 Å². The van der Waals surface area contributed by atoms with E-state index >= 15 is 0 Å². The van der Waals surface area contributed by atoms with Crippen molar-refractivity contribution in [1.82, 2.24) is 5.32 Å². The van der Waals surface area contributed by atoms with Crippen molar-refractivity contribution in [2.75, 3.05) is 13.2 Å². The quantitative estimate of drug-likeness (QED) is 0.512. The van der Waals surface area contributed by atoms with Crippen molar-refractivity contribution in [3.8, 4) is 17.2 Å². The summed E-state index contributed by atoms with van der Waals surface area (Å²) in [5.41, 5.74) is 3.27. The average Bonchev–Trinajstić information content (AvgIpc) is 2.81. The number of nitrogens with zero attached hydrogens (tertiary/aromatic N) is 1. The first kappa shape index (κ1) is 21.8. The van der Waals surface area contributed by atoms with Gasteiger partial charge in [-0.3, -0.25) is 10.3 Å². The third kappa shape index (κ3) is 4.75. The molecule has 0 saturated heterocycles. The Labute approximate surface area is 187 Å². The van der Waals surface area contributed by atoms with Gasteiger partial charge < -0.3 is 14.6 Å². The molecular weight excluding hydrogens is 407 g/mol. The Kier molecular flexibility index (Phi) is 6.71. The van der Waals surface area contributed by atoms with Crippen molar-refractivity contribution in [1.29, 1.82) is 0 Å². The highest BCUT2D eigenvalue weighted by Crippen LogP contribution is 2.39. The summed E-state index contributed by atoms with van der Waals surface area (Å²) in [7, 11) is 0. The number of nitrogens with one attached hydrogen (secondary N) is 1. The molecule has 2 N–H and O–H groups in total. The van der Waals surface area contributed by atoms with Gasteiger partial charge in [0.2, 0.25) is 0 Å². The molecule has 0 unspecified atom stereocenters. The second-order valence-electron chi connectivity index (χ2n) is 7.54. The van der Waals surface area contributed by atoms with Gasteiger partial charge in [-0.05, 0) is 67.4 Å². The van der Waals surface area contributed by atoms with Crippen LogP contribution < -0.4 is 14.8 Å². The van der Waals surface area contributed by atoms with E-state index in [1.54, 1.807) is 12.1 Å². The Hall–Kier alpha value is -3.38. The van der Waals surface area contributed by atoms with E-state index in [1.165, 1.54) is 12.1 Å². The molecule has 2 atom stereocenters. The minimum atomic E-state index is -0.457. The van der Waals surface area contributed by atoms with Crippen LogP contribution in [-0.2, 0) is 0 Å². The van der Waals surface area contributed by atoms with Crippen molar-refractivity contribution in [2.45, 2.75) is 32.5 Å². The fraction of sp³-hybridized carbons (Fsp3) is 0.269. The maximum Gasteiger partial charge on any atom is 0.162 e. The third-order valence-corrected chi connectivity index (χ3v) is 5.41. The van der Waals surface area contributed by atoms with E-state index in [2.05, 4.69) is 5.32 Å². The standard InChI is InChI=1S/C26H27FN2O3/c1-3-31-20-13-11-17(12-14-20)22-16-23(21-9-6-10-24(25(21)30)32-4-2)29-26(28-22)18-7-5-8-19(27)15-18/h5-15,23,26,29-30H,3-4,16H2,1-2H3/t23-,26+/m1/s1. The number of para-hydroxylation sites is 1. The van der Waals surface area contributed by atoms with Gasteiger partial charge in [0.05, 0.1) is 13.2 Å². The summed E-state index contributed by atoms with van der Waals surface area (Å²) in [6.07, 6.45) is 0.101. The SMILES string of the molecule is CCOc1ccc(C2=N[C@H](c3cccc(F)c3)N[C@@H](c3cccc(OCC)c3O)C2)cc1. The van der Waals surface area contributed by atoms with Crippen LogP contribution in [0.2, 0.25) is 0 Å². The van der Waals surface area contributed by atoms with Crippen molar-refractivity contribution in [3.63, 3.8) is 0 Å². The molecular formula is C26H27FN2O3. The fourth-order valence-corrected chi connectivity index (χ4v) is 3.93. The first-order chi connectivity index (χ1) is 15.6. The Morgan fingerprint density at radius 3 is 2.47 bits per heavy atom. The molecule has 0 spiro atoms. The summed E-state index contributed by atoms with van der Waals surface area (Å²) in [6, 6.07) is 19.5. The highest BCUT2D eigenvalue weighted by atomic mass is 19.1. The topological polar surface area (TPSA) is 63.1 Å².